The van der Waals surface area contributed by atoms with Gasteiger partial charge in [0.15, 0.2) is 0 Å². The van der Waals surface area contributed by atoms with Gasteiger partial charge in [0.2, 0.25) is 0 Å². The van der Waals surface area contributed by atoms with Gasteiger partial charge in [0, 0.05) is 17.3 Å². The van der Waals surface area contributed by atoms with Crippen LogP contribution in [-0.4, -0.2) is 22.4 Å². The van der Waals surface area contributed by atoms with Gasteiger partial charge < -0.3 is 5.32 Å². The normalized spacial score (nSPS) is 14.7. The Balaban J connectivity index is 1.49. The standard InChI is InChI=1S/C16H20ClN3/c17-16-6-2-1-5-14(16)12-20-11-13(10-19-20)4-3-9-18-15-7-8-15/h1-2,5-6,10-11,15,18H,3-4,7-9,12H2. The maximum absolute atomic E-state index is 6.17. The van der Waals surface area contributed by atoms with Crippen molar-refractivity contribution in [1.82, 2.24) is 15.1 Å². The van der Waals surface area contributed by atoms with Crippen LogP contribution in [0.3, 0.4) is 0 Å². The van der Waals surface area contributed by atoms with E-state index in [1.807, 2.05) is 35.1 Å². The minimum atomic E-state index is 0.736. The summed E-state index contributed by atoms with van der Waals surface area (Å²) in [6.45, 7) is 1.85. The van der Waals surface area contributed by atoms with Gasteiger partial charge in [-0.05, 0) is 49.4 Å². The molecule has 3 nitrogen and oxygen atoms in total. The predicted octanol–water partition coefficient (Wildman–Crippen LogP) is 3.27. The number of nitrogens with one attached hydrogen (secondary N) is 1. The molecule has 1 N–H and O–H groups in total. The van der Waals surface area contributed by atoms with Gasteiger partial charge in [0.25, 0.3) is 0 Å². The van der Waals surface area contributed by atoms with Gasteiger partial charge >= 0.3 is 0 Å². The number of halogens is 1. The molecule has 0 unspecified atom stereocenters. The minimum Gasteiger partial charge on any atom is -0.314 e. The third-order valence-electron chi connectivity index (χ3n) is 3.63. The first kappa shape index (κ1) is 13.7. The van der Waals surface area contributed by atoms with Crippen molar-refractivity contribution in [2.45, 2.75) is 38.3 Å². The van der Waals surface area contributed by atoms with Gasteiger partial charge in [-0.1, -0.05) is 29.8 Å². The SMILES string of the molecule is Clc1ccccc1Cn1cc(CCCNC2CC2)cn1. The fourth-order valence-corrected chi connectivity index (χ4v) is 2.50. The third kappa shape index (κ3) is 3.84. The highest BCUT2D eigenvalue weighted by Gasteiger charge is 2.19. The van der Waals surface area contributed by atoms with E-state index < -0.39 is 0 Å². The Morgan fingerprint density at radius 3 is 2.95 bits per heavy atom. The van der Waals surface area contributed by atoms with Gasteiger partial charge in [-0.15, -0.1) is 0 Å². The van der Waals surface area contributed by atoms with E-state index in [0.29, 0.717) is 0 Å². The molecule has 4 heteroatoms. The van der Waals surface area contributed by atoms with Crippen LogP contribution in [0.15, 0.2) is 36.7 Å². The Bertz CT molecular complexity index is 560. The zero-order valence-corrected chi connectivity index (χ0v) is 12.3. The molecule has 20 heavy (non-hydrogen) atoms. The molecule has 1 aliphatic carbocycles. The van der Waals surface area contributed by atoms with Gasteiger partial charge in [0.1, 0.15) is 0 Å². The van der Waals surface area contributed by atoms with Crippen LogP contribution in [0.5, 0.6) is 0 Å². The highest BCUT2D eigenvalue weighted by atomic mass is 35.5. The summed E-state index contributed by atoms with van der Waals surface area (Å²) in [6, 6.07) is 8.73. The van der Waals surface area contributed by atoms with Crippen molar-refractivity contribution in [3.63, 3.8) is 0 Å². The lowest BCUT2D eigenvalue weighted by Gasteiger charge is -2.04. The van der Waals surface area contributed by atoms with Crippen LogP contribution in [-0.2, 0) is 13.0 Å². The molecule has 0 amide bonds. The van der Waals surface area contributed by atoms with E-state index in [1.54, 1.807) is 0 Å². The maximum atomic E-state index is 6.17. The van der Waals surface area contributed by atoms with Crippen molar-refractivity contribution in [3.05, 3.63) is 52.8 Å². The van der Waals surface area contributed by atoms with Crippen LogP contribution in [0.25, 0.3) is 0 Å². The molecule has 1 saturated carbocycles. The molecule has 1 aromatic heterocycles. The van der Waals surface area contributed by atoms with E-state index in [0.717, 1.165) is 36.1 Å². The zero-order chi connectivity index (χ0) is 13.8. The van der Waals surface area contributed by atoms with E-state index >= 15 is 0 Å². The van der Waals surface area contributed by atoms with Crippen molar-refractivity contribution in [1.29, 1.82) is 0 Å². The lowest BCUT2D eigenvalue weighted by molar-refractivity contribution is 0.644. The van der Waals surface area contributed by atoms with E-state index in [-0.39, 0.29) is 0 Å². The van der Waals surface area contributed by atoms with Crippen LogP contribution >= 0.6 is 11.6 Å². The molecule has 1 fully saturated rings. The quantitative estimate of drug-likeness (QED) is 0.793. The molecular formula is C16H20ClN3. The van der Waals surface area contributed by atoms with Crippen molar-refractivity contribution < 1.29 is 0 Å². The molecule has 2 aromatic rings. The molecule has 0 atom stereocenters. The average molecular weight is 290 g/mol. The van der Waals surface area contributed by atoms with Crippen LogP contribution in [0.2, 0.25) is 5.02 Å². The molecule has 3 rings (SSSR count). The molecule has 1 aliphatic rings. The molecular weight excluding hydrogens is 270 g/mol. The molecule has 0 aliphatic heterocycles. The van der Waals surface area contributed by atoms with Crippen LogP contribution in [0, 0.1) is 0 Å². The summed E-state index contributed by atoms with van der Waals surface area (Å²) in [6.07, 6.45) is 9.07. The van der Waals surface area contributed by atoms with Crippen molar-refractivity contribution in [2.24, 2.45) is 0 Å². The van der Waals surface area contributed by atoms with Crippen molar-refractivity contribution in [2.75, 3.05) is 6.54 Å². The van der Waals surface area contributed by atoms with Gasteiger partial charge in [-0.25, -0.2) is 0 Å². The Labute approximate surface area is 124 Å². The number of rotatable bonds is 7. The first-order valence-electron chi connectivity index (χ1n) is 7.29. The Morgan fingerprint density at radius 2 is 2.15 bits per heavy atom. The number of aryl methyl sites for hydroxylation is 1. The summed E-state index contributed by atoms with van der Waals surface area (Å²) in [5, 5.41) is 8.76. The lowest BCUT2D eigenvalue weighted by Crippen LogP contribution is -2.17. The van der Waals surface area contributed by atoms with Crippen LogP contribution in [0.1, 0.15) is 30.4 Å². The lowest BCUT2D eigenvalue weighted by atomic mass is 10.2. The van der Waals surface area contributed by atoms with Crippen molar-refractivity contribution >= 4 is 11.6 Å². The predicted molar refractivity (Wildman–Crippen MR) is 82.1 cm³/mol. The number of hydrogen-bond acceptors (Lipinski definition) is 2. The summed E-state index contributed by atoms with van der Waals surface area (Å²) in [4.78, 5) is 0. The maximum Gasteiger partial charge on any atom is 0.0673 e. The molecule has 106 valence electrons. The highest BCUT2D eigenvalue weighted by molar-refractivity contribution is 6.31. The van der Waals surface area contributed by atoms with E-state index in [2.05, 4.69) is 16.6 Å². The topological polar surface area (TPSA) is 29.9 Å². The molecule has 0 bridgehead atoms. The Morgan fingerprint density at radius 1 is 1.30 bits per heavy atom. The summed E-state index contributed by atoms with van der Waals surface area (Å²) < 4.78 is 1.96. The third-order valence-corrected chi connectivity index (χ3v) is 4.00. The number of hydrogen-bond donors (Lipinski definition) is 1. The molecule has 0 radical (unpaired) electrons. The average Bonchev–Trinajstić information content (AvgIpc) is 3.17. The second kappa shape index (κ2) is 6.42. The summed E-state index contributed by atoms with van der Waals surface area (Å²) in [5.74, 6) is 0. The Kier molecular flexibility index (Phi) is 4.38. The number of nitrogens with zero attached hydrogens (tertiary/aromatic N) is 2. The monoisotopic (exact) mass is 289 g/mol. The largest absolute Gasteiger partial charge is 0.314 e. The van der Waals surface area contributed by atoms with Gasteiger partial charge in [-0.2, -0.15) is 5.10 Å². The smallest absolute Gasteiger partial charge is 0.0673 e. The summed E-state index contributed by atoms with van der Waals surface area (Å²) in [5.41, 5.74) is 2.41. The molecule has 0 saturated heterocycles. The van der Waals surface area contributed by atoms with Crippen LogP contribution < -0.4 is 5.32 Å². The fraction of sp³-hybridized carbons (Fsp3) is 0.438. The van der Waals surface area contributed by atoms with Crippen LogP contribution in [0.4, 0.5) is 0 Å². The minimum absolute atomic E-state index is 0.736. The summed E-state index contributed by atoms with van der Waals surface area (Å²) in [7, 11) is 0. The first-order chi connectivity index (χ1) is 9.81. The van der Waals surface area contributed by atoms with E-state index in [4.69, 9.17) is 11.6 Å². The zero-order valence-electron chi connectivity index (χ0n) is 11.6. The molecule has 1 heterocycles. The Hall–Kier alpha value is -1.32. The molecule has 0 spiro atoms. The first-order valence-corrected chi connectivity index (χ1v) is 7.67. The summed E-state index contributed by atoms with van der Waals surface area (Å²) >= 11 is 6.17. The second-order valence-corrected chi connectivity index (χ2v) is 5.88. The molecule has 1 aromatic carbocycles. The van der Waals surface area contributed by atoms with E-state index in [9.17, 15) is 0 Å². The van der Waals surface area contributed by atoms with Crippen molar-refractivity contribution in [3.8, 4) is 0 Å². The number of benzene rings is 1. The van der Waals surface area contributed by atoms with Gasteiger partial charge in [-0.3, -0.25) is 4.68 Å². The van der Waals surface area contributed by atoms with Gasteiger partial charge in [0.05, 0.1) is 12.7 Å². The highest BCUT2D eigenvalue weighted by Crippen LogP contribution is 2.18. The van der Waals surface area contributed by atoms with E-state index in [1.165, 1.54) is 24.8 Å². The fourth-order valence-electron chi connectivity index (χ4n) is 2.31. The second-order valence-electron chi connectivity index (χ2n) is 5.47. The number of aromatic nitrogens is 2.